The van der Waals surface area contributed by atoms with E-state index in [-0.39, 0.29) is 43.7 Å². The number of allylic oxidation sites excluding steroid dienone is 1. The molecule has 0 atom stereocenters. The number of furan rings is 1. The molecule has 0 bridgehead atoms. The maximum Gasteiger partial charge on any atom is 0.251 e. The molecule has 46 heavy (non-hydrogen) atoms. The summed E-state index contributed by atoms with van der Waals surface area (Å²) in [6.07, 6.45) is 4.75. The SMILES string of the molecule is Nc1ccc(/C=C/C(=O)CCc2cc3cc(-c4ccc(C(=S)N5CCC(F)(F)CC5)cc4)cc(-c4ccc(F)cc4F)c3o2)cn1. The number of benzene rings is 3. The van der Waals surface area contributed by atoms with Crippen molar-refractivity contribution < 1.29 is 26.8 Å². The van der Waals surface area contributed by atoms with Gasteiger partial charge in [-0.3, -0.25) is 4.79 Å². The fourth-order valence-corrected chi connectivity index (χ4v) is 5.78. The number of nitrogens with two attached hydrogens (primary N) is 1. The van der Waals surface area contributed by atoms with Crippen LogP contribution in [0.25, 0.3) is 39.3 Å². The maximum absolute atomic E-state index is 15.1. The molecule has 6 rings (SSSR count). The average molecular weight is 644 g/mol. The Morgan fingerprint density at radius 3 is 2.41 bits per heavy atom. The van der Waals surface area contributed by atoms with Gasteiger partial charge in [0.1, 0.15) is 33.8 Å². The molecule has 1 saturated heterocycles. The second-order valence-electron chi connectivity index (χ2n) is 11.3. The average Bonchev–Trinajstić information content (AvgIpc) is 3.46. The van der Waals surface area contributed by atoms with E-state index in [2.05, 4.69) is 4.98 Å². The first-order chi connectivity index (χ1) is 22.0. The Labute approximate surface area is 268 Å². The van der Waals surface area contributed by atoms with E-state index in [1.807, 2.05) is 36.4 Å². The van der Waals surface area contributed by atoms with Crippen molar-refractivity contribution in [2.75, 3.05) is 18.8 Å². The van der Waals surface area contributed by atoms with Crippen LogP contribution in [0.1, 0.15) is 36.1 Å². The third kappa shape index (κ3) is 7.02. The van der Waals surface area contributed by atoms with Gasteiger partial charge in [0.15, 0.2) is 5.78 Å². The first-order valence-electron chi connectivity index (χ1n) is 14.8. The normalized spacial score (nSPS) is 14.7. The minimum atomic E-state index is -2.66. The molecule has 0 amide bonds. The van der Waals surface area contributed by atoms with Crippen LogP contribution in [0.4, 0.5) is 23.4 Å². The summed E-state index contributed by atoms with van der Waals surface area (Å²) < 4.78 is 62.3. The second kappa shape index (κ2) is 12.9. The van der Waals surface area contributed by atoms with Crippen LogP contribution >= 0.6 is 12.2 Å². The third-order valence-electron chi connectivity index (χ3n) is 8.02. The number of likely N-dealkylation sites (tertiary alicyclic amines) is 1. The molecule has 2 aromatic heterocycles. The number of nitrogens with zero attached hydrogens (tertiary/aromatic N) is 2. The lowest BCUT2D eigenvalue weighted by molar-refractivity contribution is -0.114. The van der Waals surface area contributed by atoms with E-state index in [9.17, 15) is 18.0 Å². The van der Waals surface area contributed by atoms with E-state index in [4.69, 9.17) is 22.4 Å². The molecule has 1 aliphatic heterocycles. The third-order valence-corrected chi connectivity index (χ3v) is 8.52. The number of rotatable bonds is 8. The number of thiocarbonyl (C=S) groups is 1. The number of pyridine rings is 1. The van der Waals surface area contributed by atoms with Gasteiger partial charge in [0.2, 0.25) is 0 Å². The van der Waals surface area contributed by atoms with Crippen LogP contribution < -0.4 is 5.73 Å². The van der Waals surface area contributed by atoms with Crippen LogP contribution in [0.5, 0.6) is 0 Å². The number of hydrogen-bond acceptors (Lipinski definition) is 5. The Balaban J connectivity index is 1.27. The van der Waals surface area contributed by atoms with Crippen LogP contribution in [0.3, 0.4) is 0 Å². The fraction of sp³-hybridized carbons (Fsp3) is 0.194. The first kappa shape index (κ1) is 31.2. The van der Waals surface area contributed by atoms with Crippen LogP contribution in [0.2, 0.25) is 0 Å². The van der Waals surface area contributed by atoms with Crippen molar-refractivity contribution in [3.63, 3.8) is 0 Å². The Kier molecular flexibility index (Phi) is 8.73. The standard InChI is InChI=1S/C36H29F4N3O2S/c37-27-7-11-30(32(38)20-27)31-19-25(23-3-5-24(6-4-23)35(46)43-15-13-36(39,40)14-16-43)17-26-18-29(45-34(26)31)10-9-28(44)8-1-22-2-12-33(41)42-21-22/h1-8,11-12,17-21H,9-10,13-16H2,(H2,41,42)/b8-1+. The number of aromatic nitrogens is 1. The summed E-state index contributed by atoms with van der Waals surface area (Å²) in [4.78, 5) is 18.9. The number of nitrogen functional groups attached to an aromatic ring is 1. The number of aryl methyl sites for hydroxylation is 1. The molecule has 5 nitrogen and oxygen atoms in total. The largest absolute Gasteiger partial charge is 0.460 e. The summed E-state index contributed by atoms with van der Waals surface area (Å²) in [5.74, 6) is -3.27. The molecule has 3 aromatic carbocycles. The minimum Gasteiger partial charge on any atom is -0.460 e. The van der Waals surface area contributed by atoms with Gasteiger partial charge in [-0.15, -0.1) is 0 Å². The smallest absolute Gasteiger partial charge is 0.251 e. The molecule has 10 heteroatoms. The van der Waals surface area contributed by atoms with Gasteiger partial charge < -0.3 is 15.1 Å². The topological polar surface area (TPSA) is 72.4 Å². The van der Waals surface area contributed by atoms with Gasteiger partial charge in [0.05, 0.1) is 0 Å². The number of halogens is 4. The molecule has 1 aliphatic rings. The number of fused-ring (bicyclic) bond motifs is 1. The van der Waals surface area contributed by atoms with Crippen LogP contribution in [0.15, 0.2) is 89.5 Å². The number of carbonyl (C=O) groups is 1. The summed E-state index contributed by atoms with van der Waals surface area (Å²) in [5.41, 5.74) is 9.68. The lowest BCUT2D eigenvalue weighted by Gasteiger charge is -2.33. The van der Waals surface area contributed by atoms with Crippen molar-refractivity contribution in [1.82, 2.24) is 9.88 Å². The van der Waals surface area contributed by atoms with Crippen LogP contribution in [0, 0.1) is 11.6 Å². The molecule has 0 spiro atoms. The van der Waals surface area contributed by atoms with Crippen molar-refractivity contribution >= 4 is 45.9 Å². The molecule has 0 saturated carbocycles. The number of alkyl halides is 2. The summed E-state index contributed by atoms with van der Waals surface area (Å²) in [6, 6.07) is 19.7. The molecule has 5 aromatic rings. The first-order valence-corrected chi connectivity index (χ1v) is 15.2. The van der Waals surface area contributed by atoms with Gasteiger partial charge in [-0.25, -0.2) is 22.5 Å². The molecule has 0 unspecified atom stereocenters. The second-order valence-corrected chi connectivity index (χ2v) is 11.7. The predicted molar refractivity (Wildman–Crippen MR) is 175 cm³/mol. The maximum atomic E-state index is 15.1. The molecule has 0 aliphatic carbocycles. The highest BCUT2D eigenvalue weighted by Gasteiger charge is 2.34. The molecule has 2 N–H and O–H groups in total. The Hall–Kier alpha value is -4.83. The summed E-state index contributed by atoms with van der Waals surface area (Å²) in [6.45, 7) is 0.392. The van der Waals surface area contributed by atoms with Gasteiger partial charge in [0, 0.05) is 73.1 Å². The molecular weight excluding hydrogens is 614 g/mol. The summed E-state index contributed by atoms with van der Waals surface area (Å²) in [7, 11) is 0. The summed E-state index contributed by atoms with van der Waals surface area (Å²) in [5, 5.41) is 0.691. The zero-order valence-corrected chi connectivity index (χ0v) is 25.4. The zero-order chi connectivity index (χ0) is 32.4. The molecule has 0 radical (unpaired) electrons. The fourth-order valence-electron chi connectivity index (χ4n) is 5.46. The van der Waals surface area contributed by atoms with Gasteiger partial charge in [0.25, 0.3) is 5.92 Å². The number of anilines is 1. The predicted octanol–water partition coefficient (Wildman–Crippen LogP) is 8.64. The van der Waals surface area contributed by atoms with E-state index < -0.39 is 17.6 Å². The number of piperidine rings is 1. The van der Waals surface area contributed by atoms with Crippen LogP contribution in [-0.4, -0.2) is 39.7 Å². The number of carbonyl (C=O) groups excluding carboxylic acids is 1. The quantitative estimate of drug-likeness (QED) is 0.104. The lowest BCUT2D eigenvalue weighted by atomic mass is 9.95. The number of hydrogen-bond donors (Lipinski definition) is 1. The lowest BCUT2D eigenvalue weighted by Crippen LogP contribution is -2.42. The zero-order valence-electron chi connectivity index (χ0n) is 24.6. The minimum absolute atomic E-state index is 0.112. The van der Waals surface area contributed by atoms with E-state index in [1.165, 1.54) is 18.2 Å². The van der Waals surface area contributed by atoms with E-state index >= 15 is 4.39 Å². The Morgan fingerprint density at radius 1 is 0.957 bits per heavy atom. The highest BCUT2D eigenvalue weighted by Crippen LogP contribution is 2.38. The molecule has 3 heterocycles. The van der Waals surface area contributed by atoms with Crippen molar-refractivity contribution in [3.05, 3.63) is 114 Å². The monoisotopic (exact) mass is 643 g/mol. The highest BCUT2D eigenvalue weighted by molar-refractivity contribution is 7.80. The van der Waals surface area contributed by atoms with Crippen molar-refractivity contribution in [2.45, 2.75) is 31.6 Å². The molecule has 1 fully saturated rings. The van der Waals surface area contributed by atoms with E-state index in [1.54, 1.807) is 35.4 Å². The van der Waals surface area contributed by atoms with Gasteiger partial charge in [-0.1, -0.05) is 36.5 Å². The summed E-state index contributed by atoms with van der Waals surface area (Å²) >= 11 is 5.60. The van der Waals surface area contributed by atoms with Crippen molar-refractivity contribution in [1.29, 1.82) is 0 Å². The van der Waals surface area contributed by atoms with Crippen molar-refractivity contribution in [2.24, 2.45) is 0 Å². The van der Waals surface area contributed by atoms with Crippen molar-refractivity contribution in [3.8, 4) is 22.3 Å². The highest BCUT2D eigenvalue weighted by atomic mass is 32.1. The Morgan fingerprint density at radius 2 is 1.72 bits per heavy atom. The molecular formula is C36H29F4N3O2S. The number of ketones is 1. The Bertz CT molecular complexity index is 1940. The molecule has 234 valence electrons. The van der Waals surface area contributed by atoms with Gasteiger partial charge in [-0.05, 0) is 71.3 Å². The van der Waals surface area contributed by atoms with Crippen LogP contribution in [-0.2, 0) is 11.2 Å². The van der Waals surface area contributed by atoms with Gasteiger partial charge >= 0.3 is 0 Å². The van der Waals surface area contributed by atoms with E-state index in [0.29, 0.717) is 39.5 Å². The van der Waals surface area contributed by atoms with Gasteiger partial charge in [-0.2, -0.15) is 0 Å². The van der Waals surface area contributed by atoms with E-state index in [0.717, 1.165) is 28.3 Å².